The summed E-state index contributed by atoms with van der Waals surface area (Å²) in [5.41, 5.74) is 0.309. The lowest BCUT2D eigenvalue weighted by atomic mass is 9.84. The highest BCUT2D eigenvalue weighted by Gasteiger charge is 2.48. The highest BCUT2D eigenvalue weighted by atomic mass is 16.6. The average molecular weight is 252 g/mol. The Morgan fingerprint density at radius 1 is 1.17 bits per heavy atom. The van der Waals surface area contributed by atoms with Crippen LogP contribution in [0, 0.1) is 23.2 Å². The van der Waals surface area contributed by atoms with Crippen molar-refractivity contribution in [1.29, 1.82) is 0 Å². The zero-order valence-corrected chi connectivity index (χ0v) is 11.3. The molecule has 0 aromatic carbocycles. The molecule has 0 aromatic rings. The monoisotopic (exact) mass is 252 g/mol. The minimum Gasteiger partial charge on any atom is -0.380 e. The Bertz CT molecular complexity index is 322. The molecule has 5 atom stereocenters. The highest BCUT2D eigenvalue weighted by molar-refractivity contribution is 4.98. The number of hydrogen-bond acceptors (Lipinski definition) is 3. The van der Waals surface area contributed by atoms with Gasteiger partial charge in [-0.05, 0) is 43.4 Å². The van der Waals surface area contributed by atoms with E-state index in [1.807, 2.05) is 0 Å². The number of fused-ring (bicyclic) bond motifs is 2. The van der Waals surface area contributed by atoms with Crippen molar-refractivity contribution in [2.45, 2.75) is 44.8 Å². The fourth-order valence-electron chi connectivity index (χ4n) is 4.22. The molecule has 4 rings (SSSR count). The van der Waals surface area contributed by atoms with Crippen LogP contribution in [0.25, 0.3) is 0 Å². The Balaban J connectivity index is 1.26. The molecule has 3 nitrogen and oxygen atoms in total. The van der Waals surface area contributed by atoms with Crippen LogP contribution in [0.5, 0.6) is 0 Å². The first kappa shape index (κ1) is 11.7. The fraction of sp³-hybridized carbons (Fsp3) is 1.00. The molecule has 4 fully saturated rings. The molecule has 102 valence electrons. The summed E-state index contributed by atoms with van der Waals surface area (Å²) in [5, 5.41) is 0. The van der Waals surface area contributed by atoms with Gasteiger partial charge in [0.15, 0.2) is 0 Å². The van der Waals surface area contributed by atoms with Crippen molar-refractivity contribution in [1.82, 2.24) is 0 Å². The molecule has 0 aromatic heterocycles. The van der Waals surface area contributed by atoms with E-state index in [1.54, 1.807) is 0 Å². The summed E-state index contributed by atoms with van der Waals surface area (Å²) in [6.45, 7) is 5.96. The normalized spacial score (nSPS) is 48.2. The third-order valence-corrected chi connectivity index (χ3v) is 5.45. The summed E-state index contributed by atoms with van der Waals surface area (Å²) in [6.07, 6.45) is 6.58. The molecular formula is C15H24O3. The van der Waals surface area contributed by atoms with Crippen molar-refractivity contribution in [3.05, 3.63) is 0 Å². The summed E-state index contributed by atoms with van der Waals surface area (Å²) in [5.74, 6) is 2.70. The van der Waals surface area contributed by atoms with Crippen molar-refractivity contribution < 1.29 is 14.2 Å². The van der Waals surface area contributed by atoms with Crippen molar-refractivity contribution in [2.75, 3.05) is 26.4 Å². The molecule has 2 bridgehead atoms. The van der Waals surface area contributed by atoms with Crippen LogP contribution in [-0.2, 0) is 14.2 Å². The van der Waals surface area contributed by atoms with Crippen molar-refractivity contribution >= 4 is 0 Å². The summed E-state index contributed by atoms with van der Waals surface area (Å²) >= 11 is 0. The molecule has 0 N–H and O–H groups in total. The Morgan fingerprint density at radius 2 is 2.00 bits per heavy atom. The van der Waals surface area contributed by atoms with Crippen LogP contribution < -0.4 is 0 Å². The van der Waals surface area contributed by atoms with Gasteiger partial charge in [0, 0.05) is 5.41 Å². The van der Waals surface area contributed by atoms with E-state index in [9.17, 15) is 0 Å². The molecule has 0 radical (unpaired) electrons. The van der Waals surface area contributed by atoms with Gasteiger partial charge in [0.2, 0.25) is 0 Å². The van der Waals surface area contributed by atoms with E-state index in [-0.39, 0.29) is 0 Å². The maximum atomic E-state index is 6.20. The Kier molecular flexibility index (Phi) is 2.72. The molecule has 2 aliphatic carbocycles. The predicted octanol–water partition coefficient (Wildman–Crippen LogP) is 2.24. The molecule has 0 amide bonds. The van der Waals surface area contributed by atoms with Crippen molar-refractivity contribution in [3.63, 3.8) is 0 Å². The second-order valence-electron chi connectivity index (χ2n) is 7.33. The first-order valence-electron chi connectivity index (χ1n) is 7.53. The van der Waals surface area contributed by atoms with Gasteiger partial charge >= 0.3 is 0 Å². The summed E-state index contributed by atoms with van der Waals surface area (Å²) in [4.78, 5) is 0. The average Bonchev–Trinajstić information content (AvgIpc) is 2.92. The molecule has 4 aliphatic rings. The molecule has 2 saturated heterocycles. The van der Waals surface area contributed by atoms with Gasteiger partial charge < -0.3 is 14.2 Å². The molecule has 2 heterocycles. The van der Waals surface area contributed by atoms with Gasteiger partial charge in [0.1, 0.15) is 0 Å². The smallest absolute Gasteiger partial charge is 0.0812 e. The van der Waals surface area contributed by atoms with Gasteiger partial charge in [-0.1, -0.05) is 6.92 Å². The number of ether oxygens (including phenoxy) is 3. The number of rotatable bonds is 5. The van der Waals surface area contributed by atoms with Crippen LogP contribution in [0.3, 0.4) is 0 Å². The van der Waals surface area contributed by atoms with E-state index in [1.165, 1.54) is 25.7 Å². The largest absolute Gasteiger partial charge is 0.380 e. The van der Waals surface area contributed by atoms with Crippen LogP contribution in [0.2, 0.25) is 0 Å². The topological polar surface area (TPSA) is 31.0 Å². The highest BCUT2D eigenvalue weighted by Crippen LogP contribution is 2.52. The van der Waals surface area contributed by atoms with Crippen LogP contribution in [-0.4, -0.2) is 38.6 Å². The molecule has 0 spiro atoms. The lowest BCUT2D eigenvalue weighted by molar-refractivity contribution is -0.154. The van der Waals surface area contributed by atoms with Crippen molar-refractivity contribution in [3.8, 4) is 0 Å². The molecule has 2 aliphatic heterocycles. The van der Waals surface area contributed by atoms with Crippen LogP contribution >= 0.6 is 0 Å². The molecule has 18 heavy (non-hydrogen) atoms. The van der Waals surface area contributed by atoms with E-state index in [4.69, 9.17) is 14.2 Å². The maximum absolute atomic E-state index is 6.20. The predicted molar refractivity (Wildman–Crippen MR) is 67.3 cm³/mol. The second-order valence-corrected chi connectivity index (χ2v) is 7.33. The van der Waals surface area contributed by atoms with Gasteiger partial charge in [0.25, 0.3) is 0 Å². The van der Waals surface area contributed by atoms with E-state index >= 15 is 0 Å². The van der Waals surface area contributed by atoms with E-state index in [2.05, 4.69) is 6.92 Å². The lowest BCUT2D eigenvalue weighted by Gasteiger charge is -2.39. The van der Waals surface area contributed by atoms with Gasteiger partial charge in [-0.3, -0.25) is 0 Å². The quantitative estimate of drug-likeness (QED) is 0.703. The standard InChI is InChI=1S/C15H24O3/c1-15(7-16-8-15)9-18-14-5-11-3-12(14)2-10(11)4-13-6-17-13/h10-14H,2-9H2,1H3. The van der Waals surface area contributed by atoms with Gasteiger partial charge in [-0.25, -0.2) is 0 Å². The van der Waals surface area contributed by atoms with E-state index in [0.717, 1.165) is 44.2 Å². The third kappa shape index (κ3) is 2.10. The van der Waals surface area contributed by atoms with Gasteiger partial charge in [-0.2, -0.15) is 0 Å². The Labute approximate surface area is 109 Å². The Morgan fingerprint density at radius 3 is 2.56 bits per heavy atom. The number of hydrogen-bond donors (Lipinski definition) is 0. The minimum atomic E-state index is 0.309. The lowest BCUT2D eigenvalue weighted by Crippen LogP contribution is -2.45. The van der Waals surface area contributed by atoms with Crippen LogP contribution in [0.15, 0.2) is 0 Å². The first-order valence-corrected chi connectivity index (χ1v) is 7.53. The van der Waals surface area contributed by atoms with Crippen molar-refractivity contribution in [2.24, 2.45) is 23.2 Å². The SMILES string of the molecule is CC1(COC2CC3CC2CC3CC2CO2)COC1. The first-order chi connectivity index (χ1) is 8.72. The van der Waals surface area contributed by atoms with E-state index in [0.29, 0.717) is 17.6 Å². The minimum absolute atomic E-state index is 0.309. The summed E-state index contributed by atoms with van der Waals surface area (Å²) in [7, 11) is 0. The summed E-state index contributed by atoms with van der Waals surface area (Å²) in [6, 6.07) is 0. The molecule has 2 saturated carbocycles. The molecular weight excluding hydrogens is 228 g/mol. The third-order valence-electron chi connectivity index (χ3n) is 5.45. The summed E-state index contributed by atoms with van der Waals surface area (Å²) < 4.78 is 16.9. The molecule has 3 heteroatoms. The fourth-order valence-corrected chi connectivity index (χ4v) is 4.22. The Hall–Kier alpha value is -0.120. The zero-order chi connectivity index (χ0) is 12.2. The zero-order valence-electron chi connectivity index (χ0n) is 11.3. The van der Waals surface area contributed by atoms with Gasteiger partial charge in [0.05, 0.1) is 38.6 Å². The van der Waals surface area contributed by atoms with Crippen LogP contribution in [0.4, 0.5) is 0 Å². The van der Waals surface area contributed by atoms with E-state index < -0.39 is 0 Å². The maximum Gasteiger partial charge on any atom is 0.0812 e. The van der Waals surface area contributed by atoms with Crippen LogP contribution in [0.1, 0.15) is 32.6 Å². The molecule has 5 unspecified atom stereocenters. The number of epoxide rings is 1. The second kappa shape index (κ2) is 4.19. The van der Waals surface area contributed by atoms with Gasteiger partial charge in [-0.15, -0.1) is 0 Å².